The highest BCUT2D eigenvalue weighted by molar-refractivity contribution is 7.89. The monoisotopic (exact) mass is 299 g/mol. The zero-order valence-electron chi connectivity index (χ0n) is 12.8. The smallest absolute Gasteiger partial charge is 0.243 e. The summed E-state index contributed by atoms with van der Waals surface area (Å²) in [6.45, 7) is 5.56. The summed E-state index contributed by atoms with van der Waals surface area (Å²) in [6, 6.07) is 4.91. The van der Waals surface area contributed by atoms with E-state index >= 15 is 0 Å². The maximum atomic E-state index is 12.6. The number of aryl methyl sites for hydroxylation is 1. The summed E-state index contributed by atoms with van der Waals surface area (Å²) in [5.41, 5.74) is 7.21. The fourth-order valence-corrected chi connectivity index (χ4v) is 3.46. The molecule has 114 valence electrons. The van der Waals surface area contributed by atoms with Crippen LogP contribution in [0.1, 0.15) is 18.9 Å². The van der Waals surface area contributed by atoms with Crippen LogP contribution in [0.4, 0.5) is 5.69 Å². The Labute approximate surface area is 122 Å². The summed E-state index contributed by atoms with van der Waals surface area (Å²) < 4.78 is 26.6. The second-order valence-electron chi connectivity index (χ2n) is 5.17. The molecule has 5 nitrogen and oxygen atoms in total. The van der Waals surface area contributed by atoms with Gasteiger partial charge < -0.3 is 10.6 Å². The summed E-state index contributed by atoms with van der Waals surface area (Å²) in [6.07, 6.45) is 0.807. The van der Waals surface area contributed by atoms with Gasteiger partial charge in [-0.25, -0.2) is 8.42 Å². The number of anilines is 1. The van der Waals surface area contributed by atoms with Gasteiger partial charge in [0.15, 0.2) is 0 Å². The summed E-state index contributed by atoms with van der Waals surface area (Å²) in [4.78, 5) is 2.32. The molecule has 20 heavy (non-hydrogen) atoms. The van der Waals surface area contributed by atoms with Gasteiger partial charge in [-0.1, -0.05) is 13.0 Å². The maximum Gasteiger partial charge on any atom is 0.243 e. The van der Waals surface area contributed by atoms with Crippen LogP contribution in [0.25, 0.3) is 0 Å². The second-order valence-corrected chi connectivity index (χ2v) is 7.11. The van der Waals surface area contributed by atoms with Crippen LogP contribution in [0.15, 0.2) is 23.1 Å². The average molecular weight is 299 g/mol. The van der Waals surface area contributed by atoms with Gasteiger partial charge in [-0.3, -0.25) is 0 Å². The van der Waals surface area contributed by atoms with Gasteiger partial charge in [0.1, 0.15) is 0 Å². The van der Waals surface area contributed by atoms with Crippen molar-refractivity contribution in [2.24, 2.45) is 0 Å². The molecule has 0 aliphatic heterocycles. The van der Waals surface area contributed by atoms with Crippen molar-refractivity contribution < 1.29 is 8.42 Å². The first-order chi connectivity index (χ1) is 9.28. The summed E-state index contributed by atoms with van der Waals surface area (Å²) in [5.74, 6) is 0. The molecule has 0 unspecified atom stereocenters. The SMILES string of the molecule is CCN(CCCN(C)C)S(=O)(=O)c1ccc(C)c(N)c1. The number of sulfonamides is 1. The van der Waals surface area contributed by atoms with E-state index in [-0.39, 0.29) is 4.90 Å². The molecule has 1 aromatic rings. The highest BCUT2D eigenvalue weighted by Gasteiger charge is 2.23. The topological polar surface area (TPSA) is 66.6 Å². The molecule has 0 fully saturated rings. The quantitative estimate of drug-likeness (QED) is 0.776. The van der Waals surface area contributed by atoms with Gasteiger partial charge in [-0.05, 0) is 51.7 Å². The van der Waals surface area contributed by atoms with Gasteiger partial charge in [0, 0.05) is 18.8 Å². The van der Waals surface area contributed by atoms with E-state index in [1.165, 1.54) is 4.31 Å². The summed E-state index contributed by atoms with van der Waals surface area (Å²) in [7, 11) is 0.502. The minimum atomic E-state index is -3.45. The first kappa shape index (κ1) is 16.9. The summed E-state index contributed by atoms with van der Waals surface area (Å²) in [5, 5.41) is 0. The average Bonchev–Trinajstić information content (AvgIpc) is 2.37. The second kappa shape index (κ2) is 7.06. The Morgan fingerprint density at radius 1 is 1.20 bits per heavy atom. The molecule has 0 atom stereocenters. The maximum absolute atomic E-state index is 12.6. The van der Waals surface area contributed by atoms with Crippen molar-refractivity contribution in [2.45, 2.75) is 25.2 Å². The number of rotatable bonds is 7. The highest BCUT2D eigenvalue weighted by Crippen LogP contribution is 2.20. The fraction of sp³-hybridized carbons (Fsp3) is 0.571. The molecule has 1 rings (SSSR count). The largest absolute Gasteiger partial charge is 0.398 e. The molecule has 0 aliphatic rings. The molecule has 1 aromatic carbocycles. The Bertz CT molecular complexity index is 541. The van der Waals surface area contributed by atoms with Crippen LogP contribution in [0, 0.1) is 6.92 Å². The van der Waals surface area contributed by atoms with Crippen LogP contribution < -0.4 is 5.73 Å². The first-order valence-corrected chi connectivity index (χ1v) is 8.24. The van der Waals surface area contributed by atoms with Crippen LogP contribution >= 0.6 is 0 Å². The lowest BCUT2D eigenvalue weighted by atomic mass is 10.2. The molecule has 0 saturated heterocycles. The van der Waals surface area contributed by atoms with Crippen molar-refractivity contribution in [1.82, 2.24) is 9.21 Å². The van der Waals surface area contributed by atoms with E-state index in [0.29, 0.717) is 18.8 Å². The van der Waals surface area contributed by atoms with E-state index in [1.54, 1.807) is 18.2 Å². The minimum absolute atomic E-state index is 0.271. The number of hydrogen-bond donors (Lipinski definition) is 1. The Morgan fingerprint density at radius 2 is 1.85 bits per heavy atom. The first-order valence-electron chi connectivity index (χ1n) is 6.80. The molecular formula is C14H25N3O2S. The van der Waals surface area contributed by atoms with Crippen molar-refractivity contribution in [3.8, 4) is 0 Å². The van der Waals surface area contributed by atoms with Crippen molar-refractivity contribution in [2.75, 3.05) is 39.5 Å². The van der Waals surface area contributed by atoms with Crippen molar-refractivity contribution in [3.05, 3.63) is 23.8 Å². The van der Waals surface area contributed by atoms with Crippen LogP contribution in [0.2, 0.25) is 0 Å². The molecule has 0 radical (unpaired) electrons. The molecule has 0 bridgehead atoms. The molecule has 2 N–H and O–H groups in total. The Hall–Kier alpha value is -1.11. The van der Waals surface area contributed by atoms with E-state index in [4.69, 9.17) is 5.73 Å². The number of benzene rings is 1. The third-order valence-electron chi connectivity index (χ3n) is 3.25. The molecule has 0 spiro atoms. The van der Waals surface area contributed by atoms with Crippen LogP contribution in [0.5, 0.6) is 0 Å². The standard InChI is InChI=1S/C14H25N3O2S/c1-5-17(10-6-9-16(3)4)20(18,19)13-8-7-12(2)14(15)11-13/h7-8,11H,5-6,9-10,15H2,1-4H3. The zero-order chi connectivity index (χ0) is 15.3. The number of nitrogens with zero attached hydrogens (tertiary/aromatic N) is 2. The lowest BCUT2D eigenvalue weighted by Crippen LogP contribution is -2.33. The van der Waals surface area contributed by atoms with Gasteiger partial charge in [0.2, 0.25) is 10.0 Å². The predicted molar refractivity (Wildman–Crippen MR) is 83.2 cm³/mol. The van der Waals surface area contributed by atoms with Gasteiger partial charge in [-0.15, -0.1) is 0 Å². The van der Waals surface area contributed by atoms with E-state index in [0.717, 1.165) is 18.5 Å². The molecule has 0 heterocycles. The minimum Gasteiger partial charge on any atom is -0.398 e. The molecule has 0 saturated carbocycles. The molecular weight excluding hydrogens is 274 g/mol. The number of hydrogen-bond acceptors (Lipinski definition) is 4. The lowest BCUT2D eigenvalue weighted by Gasteiger charge is -2.21. The van der Waals surface area contributed by atoms with Crippen molar-refractivity contribution in [1.29, 1.82) is 0 Å². The van der Waals surface area contributed by atoms with Gasteiger partial charge in [-0.2, -0.15) is 4.31 Å². The third-order valence-corrected chi connectivity index (χ3v) is 5.22. The lowest BCUT2D eigenvalue weighted by molar-refractivity contribution is 0.356. The van der Waals surface area contributed by atoms with E-state index in [2.05, 4.69) is 0 Å². The van der Waals surface area contributed by atoms with Crippen LogP contribution in [0.3, 0.4) is 0 Å². The number of nitrogen functional groups attached to an aromatic ring is 1. The fourth-order valence-electron chi connectivity index (χ4n) is 1.94. The molecule has 0 amide bonds. The molecule has 0 aromatic heterocycles. The third kappa shape index (κ3) is 4.19. The van der Waals surface area contributed by atoms with Gasteiger partial charge >= 0.3 is 0 Å². The summed E-state index contributed by atoms with van der Waals surface area (Å²) >= 11 is 0. The molecule has 6 heteroatoms. The van der Waals surface area contributed by atoms with Gasteiger partial charge in [0.25, 0.3) is 0 Å². The van der Waals surface area contributed by atoms with Crippen LogP contribution in [-0.4, -0.2) is 51.4 Å². The van der Waals surface area contributed by atoms with Crippen LogP contribution in [-0.2, 0) is 10.0 Å². The highest BCUT2D eigenvalue weighted by atomic mass is 32.2. The molecule has 0 aliphatic carbocycles. The zero-order valence-corrected chi connectivity index (χ0v) is 13.6. The van der Waals surface area contributed by atoms with Crippen molar-refractivity contribution in [3.63, 3.8) is 0 Å². The van der Waals surface area contributed by atoms with E-state index in [1.807, 2.05) is 32.8 Å². The predicted octanol–water partition coefficient (Wildman–Crippen LogP) is 1.54. The Morgan fingerprint density at radius 3 is 2.35 bits per heavy atom. The van der Waals surface area contributed by atoms with Gasteiger partial charge in [0.05, 0.1) is 4.90 Å². The number of nitrogens with two attached hydrogens (primary N) is 1. The Kier molecular flexibility index (Phi) is 5.98. The Balaban J connectivity index is 2.91. The van der Waals surface area contributed by atoms with E-state index < -0.39 is 10.0 Å². The van der Waals surface area contributed by atoms with Crippen molar-refractivity contribution >= 4 is 15.7 Å². The van der Waals surface area contributed by atoms with E-state index in [9.17, 15) is 8.42 Å². The normalized spacial score (nSPS) is 12.3.